The molecule has 3 atom stereocenters. The largest absolute Gasteiger partial charge is 0.376 e. The number of hydrogen-bond acceptors (Lipinski definition) is 4. The summed E-state index contributed by atoms with van der Waals surface area (Å²) in [5, 5.41) is 3.10. The Kier molecular flexibility index (Phi) is 5.19. The van der Waals surface area contributed by atoms with Gasteiger partial charge in [0, 0.05) is 13.0 Å². The highest BCUT2D eigenvalue weighted by molar-refractivity contribution is 5.84. The summed E-state index contributed by atoms with van der Waals surface area (Å²) >= 11 is 0. The highest BCUT2D eigenvalue weighted by Gasteiger charge is 2.40. The van der Waals surface area contributed by atoms with E-state index in [9.17, 15) is 4.79 Å². The van der Waals surface area contributed by atoms with E-state index in [1.807, 2.05) is 0 Å². The van der Waals surface area contributed by atoms with Gasteiger partial charge in [-0.3, -0.25) is 4.79 Å². The third-order valence-corrected chi connectivity index (χ3v) is 4.45. The lowest BCUT2D eigenvalue weighted by Gasteiger charge is -2.38. The standard InChI is InChI=1S/C14H26N2O3/c1-16-14(13(15)17)7-4-6-11(9-14)19-10-12-5-2-3-8-18-12/h11-12,16H,2-10H2,1H3,(H2,15,17). The second kappa shape index (κ2) is 6.68. The lowest BCUT2D eigenvalue weighted by Crippen LogP contribution is -2.57. The molecule has 0 radical (unpaired) electrons. The van der Waals surface area contributed by atoms with Crippen molar-refractivity contribution in [3.8, 4) is 0 Å². The van der Waals surface area contributed by atoms with Gasteiger partial charge in [-0.25, -0.2) is 0 Å². The van der Waals surface area contributed by atoms with Crippen LogP contribution in [0.25, 0.3) is 0 Å². The maximum Gasteiger partial charge on any atom is 0.237 e. The molecule has 2 aliphatic rings. The van der Waals surface area contributed by atoms with Crippen LogP contribution in [0.15, 0.2) is 0 Å². The Morgan fingerprint density at radius 2 is 2.26 bits per heavy atom. The maximum absolute atomic E-state index is 11.6. The lowest BCUT2D eigenvalue weighted by atomic mass is 9.79. The van der Waals surface area contributed by atoms with Crippen molar-refractivity contribution in [1.82, 2.24) is 5.32 Å². The highest BCUT2D eigenvalue weighted by atomic mass is 16.5. The average Bonchev–Trinajstić information content (AvgIpc) is 2.46. The molecule has 1 saturated heterocycles. The molecule has 0 aromatic rings. The minimum absolute atomic E-state index is 0.110. The van der Waals surface area contributed by atoms with E-state index in [0.29, 0.717) is 13.0 Å². The first kappa shape index (κ1) is 14.8. The predicted molar refractivity (Wildman–Crippen MR) is 72.8 cm³/mol. The van der Waals surface area contributed by atoms with Crippen molar-refractivity contribution in [3.05, 3.63) is 0 Å². The molecule has 19 heavy (non-hydrogen) atoms. The summed E-state index contributed by atoms with van der Waals surface area (Å²) < 4.78 is 11.6. The van der Waals surface area contributed by atoms with Crippen LogP contribution in [-0.4, -0.2) is 43.9 Å². The van der Waals surface area contributed by atoms with E-state index in [-0.39, 0.29) is 18.1 Å². The van der Waals surface area contributed by atoms with Gasteiger partial charge in [-0.2, -0.15) is 0 Å². The van der Waals surface area contributed by atoms with Gasteiger partial charge in [-0.05, 0) is 45.6 Å². The van der Waals surface area contributed by atoms with Gasteiger partial charge in [0.05, 0.1) is 24.4 Å². The summed E-state index contributed by atoms with van der Waals surface area (Å²) in [6.07, 6.45) is 7.26. The van der Waals surface area contributed by atoms with Gasteiger partial charge in [0.1, 0.15) is 0 Å². The fourth-order valence-electron chi connectivity index (χ4n) is 3.12. The molecule has 0 spiro atoms. The smallest absolute Gasteiger partial charge is 0.237 e. The normalized spacial score (nSPS) is 36.1. The van der Waals surface area contributed by atoms with Crippen molar-refractivity contribution >= 4 is 5.91 Å². The topological polar surface area (TPSA) is 73.6 Å². The molecule has 5 heteroatoms. The fourth-order valence-corrected chi connectivity index (χ4v) is 3.12. The van der Waals surface area contributed by atoms with E-state index >= 15 is 0 Å². The van der Waals surface area contributed by atoms with Crippen LogP contribution in [0.5, 0.6) is 0 Å². The molecule has 1 aliphatic carbocycles. The van der Waals surface area contributed by atoms with Gasteiger partial charge in [0.2, 0.25) is 5.91 Å². The molecule has 5 nitrogen and oxygen atoms in total. The molecular weight excluding hydrogens is 244 g/mol. The van der Waals surface area contributed by atoms with Crippen molar-refractivity contribution in [2.24, 2.45) is 5.73 Å². The van der Waals surface area contributed by atoms with Gasteiger partial charge < -0.3 is 20.5 Å². The molecule has 0 aromatic carbocycles. The van der Waals surface area contributed by atoms with Crippen LogP contribution in [0.1, 0.15) is 44.9 Å². The van der Waals surface area contributed by atoms with Crippen molar-refractivity contribution < 1.29 is 14.3 Å². The number of hydrogen-bond donors (Lipinski definition) is 2. The van der Waals surface area contributed by atoms with Crippen molar-refractivity contribution in [3.63, 3.8) is 0 Å². The lowest BCUT2D eigenvalue weighted by molar-refractivity contribution is -0.129. The van der Waals surface area contributed by atoms with E-state index in [2.05, 4.69) is 5.32 Å². The molecule has 1 saturated carbocycles. The SMILES string of the molecule is CNC1(C(N)=O)CCCC(OCC2CCCCO2)C1. The van der Waals surface area contributed by atoms with Crippen LogP contribution in [0.3, 0.4) is 0 Å². The molecule has 110 valence electrons. The third-order valence-electron chi connectivity index (χ3n) is 4.45. The van der Waals surface area contributed by atoms with Crippen molar-refractivity contribution in [1.29, 1.82) is 0 Å². The molecule has 0 bridgehead atoms. The first-order chi connectivity index (χ1) is 9.16. The Hall–Kier alpha value is -0.650. The van der Waals surface area contributed by atoms with E-state index in [4.69, 9.17) is 15.2 Å². The molecule has 1 heterocycles. The van der Waals surface area contributed by atoms with Gasteiger partial charge in [-0.15, -0.1) is 0 Å². The Balaban J connectivity index is 1.81. The summed E-state index contributed by atoms with van der Waals surface area (Å²) in [4.78, 5) is 11.6. The summed E-state index contributed by atoms with van der Waals surface area (Å²) in [7, 11) is 1.80. The number of rotatable bonds is 5. The van der Waals surface area contributed by atoms with E-state index in [1.165, 1.54) is 6.42 Å². The monoisotopic (exact) mass is 270 g/mol. The van der Waals surface area contributed by atoms with Crippen LogP contribution < -0.4 is 11.1 Å². The summed E-state index contributed by atoms with van der Waals surface area (Å²) in [5.74, 6) is -0.266. The van der Waals surface area contributed by atoms with Crippen LogP contribution in [0.2, 0.25) is 0 Å². The fraction of sp³-hybridized carbons (Fsp3) is 0.929. The molecule has 0 aromatic heterocycles. The number of primary amides is 1. The van der Waals surface area contributed by atoms with E-state index in [0.717, 1.165) is 38.7 Å². The number of ether oxygens (including phenoxy) is 2. The number of nitrogens with one attached hydrogen (secondary N) is 1. The van der Waals surface area contributed by atoms with Gasteiger partial charge in [0.25, 0.3) is 0 Å². The van der Waals surface area contributed by atoms with Gasteiger partial charge >= 0.3 is 0 Å². The minimum atomic E-state index is -0.587. The number of nitrogens with two attached hydrogens (primary N) is 1. The minimum Gasteiger partial charge on any atom is -0.376 e. The average molecular weight is 270 g/mol. The number of amides is 1. The quantitative estimate of drug-likeness (QED) is 0.780. The van der Waals surface area contributed by atoms with Crippen LogP contribution >= 0.6 is 0 Å². The van der Waals surface area contributed by atoms with Crippen LogP contribution in [-0.2, 0) is 14.3 Å². The summed E-state index contributed by atoms with van der Waals surface area (Å²) in [5.41, 5.74) is 4.95. The second-order valence-electron chi connectivity index (χ2n) is 5.74. The number of likely N-dealkylation sites (N-methyl/N-ethyl adjacent to an activating group) is 1. The zero-order valence-corrected chi connectivity index (χ0v) is 11.8. The Morgan fingerprint density at radius 1 is 1.42 bits per heavy atom. The summed E-state index contributed by atoms with van der Waals surface area (Å²) in [6.45, 7) is 1.49. The van der Waals surface area contributed by atoms with E-state index < -0.39 is 5.54 Å². The second-order valence-corrected chi connectivity index (χ2v) is 5.74. The van der Waals surface area contributed by atoms with E-state index in [1.54, 1.807) is 7.05 Å². The van der Waals surface area contributed by atoms with Crippen LogP contribution in [0, 0.1) is 0 Å². The Labute approximate surface area is 115 Å². The molecule has 2 fully saturated rings. The molecule has 3 N–H and O–H groups in total. The molecule has 1 aliphatic heterocycles. The molecule has 1 amide bonds. The Morgan fingerprint density at radius 3 is 2.89 bits per heavy atom. The van der Waals surface area contributed by atoms with Crippen LogP contribution in [0.4, 0.5) is 0 Å². The highest BCUT2D eigenvalue weighted by Crippen LogP contribution is 2.30. The molecular formula is C14H26N2O3. The first-order valence-electron chi connectivity index (χ1n) is 7.38. The maximum atomic E-state index is 11.6. The predicted octanol–water partition coefficient (Wildman–Crippen LogP) is 0.958. The van der Waals surface area contributed by atoms with Gasteiger partial charge in [-0.1, -0.05) is 0 Å². The van der Waals surface area contributed by atoms with Crippen molar-refractivity contribution in [2.75, 3.05) is 20.3 Å². The number of carbonyl (C=O) groups is 1. The molecule has 2 rings (SSSR count). The Bertz CT molecular complexity index is 305. The third kappa shape index (κ3) is 3.68. The zero-order valence-electron chi connectivity index (χ0n) is 11.8. The first-order valence-corrected chi connectivity index (χ1v) is 7.38. The van der Waals surface area contributed by atoms with Crippen molar-refractivity contribution in [2.45, 2.75) is 62.7 Å². The zero-order chi connectivity index (χ0) is 13.7. The molecule has 3 unspecified atom stereocenters. The summed E-state index contributed by atoms with van der Waals surface area (Å²) in [6, 6.07) is 0. The van der Waals surface area contributed by atoms with Gasteiger partial charge in [0.15, 0.2) is 0 Å². The number of carbonyl (C=O) groups excluding carboxylic acids is 1.